The molecule has 34 heavy (non-hydrogen) atoms. The second-order valence-corrected chi connectivity index (χ2v) is 8.79. The van der Waals surface area contributed by atoms with Gasteiger partial charge in [-0.3, -0.25) is 19.7 Å². The van der Waals surface area contributed by atoms with Crippen LogP contribution in [0.3, 0.4) is 0 Å². The molecule has 11 heteroatoms. The Bertz CT molecular complexity index is 1280. The number of amides is 2. The summed E-state index contributed by atoms with van der Waals surface area (Å²) in [4.78, 5) is 34.9. The number of anilines is 1. The van der Waals surface area contributed by atoms with Crippen LogP contribution in [0.4, 0.5) is 11.4 Å². The van der Waals surface area contributed by atoms with E-state index in [2.05, 4.69) is 47.7 Å². The zero-order chi connectivity index (χ0) is 24.7. The Morgan fingerprint density at radius 3 is 2.62 bits per heavy atom. The zero-order valence-corrected chi connectivity index (χ0v) is 20.9. The molecular weight excluding hydrogens is 572 g/mol. The topological polar surface area (TPSA) is 123 Å². The third-order valence-corrected chi connectivity index (χ3v) is 5.42. The van der Waals surface area contributed by atoms with Crippen LogP contribution in [0, 0.1) is 17.0 Å². The smallest absolute Gasteiger partial charge is 0.271 e. The molecule has 2 amide bonds. The van der Waals surface area contributed by atoms with E-state index in [1.54, 1.807) is 18.2 Å². The number of hydrogen-bond donors (Lipinski definition) is 2. The number of nitrogens with zero attached hydrogens (tertiary/aromatic N) is 2. The highest BCUT2D eigenvalue weighted by atomic mass is 79.9. The first-order chi connectivity index (χ1) is 16.2. The molecule has 0 atom stereocenters. The molecule has 0 spiro atoms. The second-order valence-electron chi connectivity index (χ2n) is 7.02. The van der Waals surface area contributed by atoms with Crippen LogP contribution in [0.1, 0.15) is 21.5 Å². The predicted octanol–water partition coefficient (Wildman–Crippen LogP) is 5.21. The van der Waals surface area contributed by atoms with Gasteiger partial charge in [-0.25, -0.2) is 5.43 Å². The van der Waals surface area contributed by atoms with E-state index in [4.69, 9.17) is 4.74 Å². The van der Waals surface area contributed by atoms with Gasteiger partial charge in [-0.15, -0.1) is 0 Å². The van der Waals surface area contributed by atoms with Crippen molar-refractivity contribution in [3.05, 3.63) is 96.4 Å². The molecule has 0 saturated carbocycles. The molecule has 0 bridgehead atoms. The van der Waals surface area contributed by atoms with Crippen LogP contribution in [-0.2, 0) is 4.79 Å². The Morgan fingerprint density at radius 2 is 1.88 bits per heavy atom. The van der Waals surface area contributed by atoms with E-state index in [-0.39, 0.29) is 23.8 Å². The minimum Gasteiger partial charge on any atom is -0.482 e. The quantitative estimate of drug-likeness (QED) is 0.212. The van der Waals surface area contributed by atoms with Crippen molar-refractivity contribution in [1.29, 1.82) is 0 Å². The van der Waals surface area contributed by atoms with Crippen LogP contribution in [0.15, 0.2) is 74.7 Å². The van der Waals surface area contributed by atoms with Crippen LogP contribution in [0.5, 0.6) is 5.75 Å². The van der Waals surface area contributed by atoms with Crippen molar-refractivity contribution in [2.75, 3.05) is 11.9 Å². The summed E-state index contributed by atoms with van der Waals surface area (Å²) >= 11 is 6.78. The molecule has 0 heterocycles. The molecule has 0 radical (unpaired) electrons. The number of non-ortho nitro benzene ring substituents is 1. The second kappa shape index (κ2) is 11.5. The third-order valence-electron chi connectivity index (χ3n) is 4.38. The van der Waals surface area contributed by atoms with Gasteiger partial charge in [0.2, 0.25) is 0 Å². The van der Waals surface area contributed by atoms with Crippen molar-refractivity contribution in [2.45, 2.75) is 6.92 Å². The molecule has 0 aliphatic carbocycles. The van der Waals surface area contributed by atoms with Gasteiger partial charge in [0.1, 0.15) is 5.75 Å². The average molecular weight is 590 g/mol. The lowest BCUT2D eigenvalue weighted by Gasteiger charge is -2.12. The fourth-order valence-electron chi connectivity index (χ4n) is 2.87. The number of carbonyl (C=O) groups excluding carboxylic acids is 2. The summed E-state index contributed by atoms with van der Waals surface area (Å²) in [7, 11) is 0. The molecule has 0 aromatic heterocycles. The fourth-order valence-corrected chi connectivity index (χ4v) is 4.24. The van der Waals surface area contributed by atoms with E-state index in [9.17, 15) is 19.7 Å². The van der Waals surface area contributed by atoms with Gasteiger partial charge < -0.3 is 10.1 Å². The lowest BCUT2D eigenvalue weighted by atomic mass is 10.2. The molecule has 0 aliphatic rings. The molecule has 3 rings (SSSR count). The first-order valence-electron chi connectivity index (χ1n) is 9.79. The van der Waals surface area contributed by atoms with E-state index >= 15 is 0 Å². The number of halogens is 2. The molecule has 3 aromatic carbocycles. The number of hydrazone groups is 1. The number of rotatable bonds is 8. The van der Waals surface area contributed by atoms with Crippen LogP contribution >= 0.6 is 31.9 Å². The largest absolute Gasteiger partial charge is 0.482 e. The number of carbonyl (C=O) groups is 2. The summed E-state index contributed by atoms with van der Waals surface area (Å²) in [6.45, 7) is 1.67. The predicted molar refractivity (Wildman–Crippen MR) is 135 cm³/mol. The molecule has 9 nitrogen and oxygen atoms in total. The lowest BCUT2D eigenvalue weighted by molar-refractivity contribution is -0.384. The van der Waals surface area contributed by atoms with Gasteiger partial charge in [0.15, 0.2) is 6.61 Å². The van der Waals surface area contributed by atoms with Gasteiger partial charge >= 0.3 is 0 Å². The maximum atomic E-state index is 12.3. The Balaban J connectivity index is 1.69. The number of aryl methyl sites for hydroxylation is 1. The molecule has 0 aliphatic heterocycles. The molecular formula is C23H18Br2N4O5. The number of nitro benzene ring substituents is 1. The van der Waals surface area contributed by atoms with Gasteiger partial charge in [-0.1, -0.05) is 34.1 Å². The first kappa shape index (κ1) is 25.1. The summed E-state index contributed by atoms with van der Waals surface area (Å²) in [5, 5.41) is 17.6. The maximum Gasteiger partial charge on any atom is 0.271 e. The highest BCUT2D eigenvalue weighted by molar-refractivity contribution is 9.11. The van der Waals surface area contributed by atoms with E-state index < -0.39 is 10.8 Å². The Kier molecular flexibility index (Phi) is 8.50. The molecule has 2 N–H and O–H groups in total. The summed E-state index contributed by atoms with van der Waals surface area (Å²) in [5.41, 5.74) is 4.36. The Morgan fingerprint density at radius 1 is 1.12 bits per heavy atom. The van der Waals surface area contributed by atoms with Crippen molar-refractivity contribution in [3.8, 4) is 5.75 Å². The van der Waals surface area contributed by atoms with Gasteiger partial charge in [0.05, 0.1) is 15.6 Å². The van der Waals surface area contributed by atoms with E-state index in [0.29, 0.717) is 25.9 Å². The van der Waals surface area contributed by atoms with Crippen molar-refractivity contribution >= 4 is 61.3 Å². The normalized spacial score (nSPS) is 10.7. The summed E-state index contributed by atoms with van der Waals surface area (Å²) in [6.07, 6.45) is 1.35. The molecule has 0 saturated heterocycles. The lowest BCUT2D eigenvalue weighted by Crippen LogP contribution is -2.21. The number of benzene rings is 3. The number of nitrogens with one attached hydrogen (secondary N) is 2. The molecule has 3 aromatic rings. The highest BCUT2D eigenvalue weighted by Crippen LogP contribution is 2.32. The fraction of sp³-hybridized carbons (Fsp3) is 0.0870. The molecule has 174 valence electrons. The minimum atomic E-state index is -0.617. The van der Waals surface area contributed by atoms with Gasteiger partial charge in [-0.2, -0.15) is 5.10 Å². The summed E-state index contributed by atoms with van der Waals surface area (Å²) < 4.78 is 6.99. The number of ether oxygens (including phenoxy) is 1. The SMILES string of the molecule is Cc1cccc(NC(=O)COc2c(Br)cc(Br)cc2/C=N/NC(=O)c2cccc([N+](=O)[O-])c2)c1. The van der Waals surface area contributed by atoms with E-state index in [0.717, 1.165) is 11.6 Å². The number of nitro groups is 1. The van der Waals surface area contributed by atoms with Gasteiger partial charge in [0.25, 0.3) is 17.5 Å². The number of hydrogen-bond acceptors (Lipinski definition) is 6. The van der Waals surface area contributed by atoms with Crippen molar-refractivity contribution in [2.24, 2.45) is 5.10 Å². The van der Waals surface area contributed by atoms with E-state index in [1.807, 2.05) is 25.1 Å². The van der Waals surface area contributed by atoms with Gasteiger partial charge in [0, 0.05) is 33.4 Å². The van der Waals surface area contributed by atoms with Crippen molar-refractivity contribution in [1.82, 2.24) is 5.43 Å². The van der Waals surface area contributed by atoms with Crippen molar-refractivity contribution in [3.63, 3.8) is 0 Å². The summed E-state index contributed by atoms with van der Waals surface area (Å²) in [6, 6.07) is 16.1. The van der Waals surface area contributed by atoms with Crippen LogP contribution in [-0.4, -0.2) is 29.6 Å². The van der Waals surface area contributed by atoms with Crippen LogP contribution in [0.2, 0.25) is 0 Å². The zero-order valence-electron chi connectivity index (χ0n) is 17.7. The maximum absolute atomic E-state index is 12.3. The minimum absolute atomic E-state index is 0.0890. The van der Waals surface area contributed by atoms with Gasteiger partial charge in [-0.05, 0) is 58.7 Å². The highest BCUT2D eigenvalue weighted by Gasteiger charge is 2.13. The first-order valence-corrected chi connectivity index (χ1v) is 11.4. The Labute approximate surface area is 211 Å². The summed E-state index contributed by atoms with van der Waals surface area (Å²) in [5.74, 6) is -0.618. The third kappa shape index (κ3) is 6.96. The van der Waals surface area contributed by atoms with Crippen molar-refractivity contribution < 1.29 is 19.2 Å². The van der Waals surface area contributed by atoms with E-state index in [1.165, 1.54) is 24.4 Å². The van der Waals surface area contributed by atoms with Crippen LogP contribution < -0.4 is 15.5 Å². The molecule has 0 fully saturated rings. The van der Waals surface area contributed by atoms with Crippen LogP contribution in [0.25, 0.3) is 0 Å². The molecule has 0 unspecified atom stereocenters. The monoisotopic (exact) mass is 588 g/mol. The average Bonchev–Trinajstić information content (AvgIpc) is 2.78. The standard InChI is InChI=1S/C23H18Br2N4O5/c1-14-4-2-6-18(8-14)27-21(30)13-34-22-16(9-17(24)11-20(22)25)12-26-28-23(31)15-5-3-7-19(10-15)29(32)33/h2-12H,13H2,1H3,(H,27,30)(H,28,31)/b26-12+. The Hall–Kier alpha value is -3.57.